The minimum Gasteiger partial charge on any atom is -0.310 e. The van der Waals surface area contributed by atoms with Gasteiger partial charge >= 0.3 is 0 Å². The first-order chi connectivity index (χ1) is 8.81. The summed E-state index contributed by atoms with van der Waals surface area (Å²) in [7, 11) is 0. The molecule has 1 aliphatic rings. The van der Waals surface area contributed by atoms with Gasteiger partial charge in [-0.2, -0.15) is 0 Å². The quantitative estimate of drug-likeness (QED) is 0.752. The largest absolute Gasteiger partial charge is 0.310 e. The summed E-state index contributed by atoms with van der Waals surface area (Å²) in [5, 5.41) is 4.55. The molecule has 0 saturated heterocycles. The molecule has 98 valence electrons. The molecule has 1 nitrogen and oxygen atoms in total. The molecule has 1 aliphatic carbocycles. The van der Waals surface area contributed by atoms with Gasteiger partial charge in [0.25, 0.3) is 0 Å². The molecule has 0 heterocycles. The van der Waals surface area contributed by atoms with E-state index in [2.05, 4.69) is 30.4 Å². The van der Waals surface area contributed by atoms with Crippen molar-refractivity contribution in [1.82, 2.24) is 5.32 Å². The van der Waals surface area contributed by atoms with E-state index in [4.69, 9.17) is 11.6 Å². The van der Waals surface area contributed by atoms with Crippen LogP contribution in [0.1, 0.15) is 38.2 Å². The van der Waals surface area contributed by atoms with Gasteiger partial charge in [-0.3, -0.25) is 0 Å². The molecule has 0 spiro atoms. The zero-order valence-corrected chi connectivity index (χ0v) is 11.8. The average Bonchev–Trinajstić information content (AvgIpc) is 2.90. The van der Waals surface area contributed by atoms with Crippen LogP contribution in [-0.2, 0) is 6.42 Å². The van der Waals surface area contributed by atoms with Crippen LogP contribution in [0.3, 0.4) is 0 Å². The van der Waals surface area contributed by atoms with Gasteiger partial charge in [0.05, 0.1) is 0 Å². The highest BCUT2D eigenvalue weighted by Crippen LogP contribution is 2.25. The van der Waals surface area contributed by atoms with Crippen LogP contribution in [0.2, 0.25) is 5.02 Å². The SMILES string of the molecule is CCCNC(Cc1ccccc1Cl)C1=CCCC1. The topological polar surface area (TPSA) is 12.0 Å². The van der Waals surface area contributed by atoms with Crippen LogP contribution in [0.4, 0.5) is 0 Å². The lowest BCUT2D eigenvalue weighted by atomic mass is 9.98. The minimum absolute atomic E-state index is 0.465. The molecule has 2 rings (SSSR count). The molecule has 1 unspecified atom stereocenters. The third kappa shape index (κ3) is 3.60. The van der Waals surface area contributed by atoms with Crippen molar-refractivity contribution in [3.8, 4) is 0 Å². The molecule has 0 aliphatic heterocycles. The highest BCUT2D eigenvalue weighted by molar-refractivity contribution is 6.31. The third-order valence-corrected chi connectivity index (χ3v) is 3.92. The van der Waals surface area contributed by atoms with E-state index in [0.29, 0.717) is 6.04 Å². The van der Waals surface area contributed by atoms with Crippen LogP contribution in [0.25, 0.3) is 0 Å². The van der Waals surface area contributed by atoms with Gasteiger partial charge in [-0.05, 0) is 50.3 Å². The van der Waals surface area contributed by atoms with Crippen LogP contribution in [-0.4, -0.2) is 12.6 Å². The smallest absolute Gasteiger partial charge is 0.0438 e. The van der Waals surface area contributed by atoms with Crippen molar-refractivity contribution < 1.29 is 0 Å². The molecule has 1 atom stereocenters. The van der Waals surface area contributed by atoms with Crippen molar-refractivity contribution in [3.05, 3.63) is 46.5 Å². The summed E-state index contributed by atoms with van der Waals surface area (Å²) in [6.45, 7) is 3.29. The molecule has 0 amide bonds. The number of rotatable bonds is 6. The normalized spacial score (nSPS) is 16.7. The predicted octanol–water partition coefficient (Wildman–Crippen LogP) is 4.36. The van der Waals surface area contributed by atoms with Gasteiger partial charge in [-0.25, -0.2) is 0 Å². The van der Waals surface area contributed by atoms with Crippen LogP contribution < -0.4 is 5.32 Å². The first-order valence-electron chi connectivity index (χ1n) is 6.97. The Kier molecular flexibility index (Phi) is 5.27. The van der Waals surface area contributed by atoms with E-state index < -0.39 is 0 Å². The Morgan fingerprint density at radius 2 is 2.17 bits per heavy atom. The van der Waals surface area contributed by atoms with E-state index in [0.717, 1.165) is 18.0 Å². The Bertz CT molecular complexity index is 411. The lowest BCUT2D eigenvalue weighted by Crippen LogP contribution is -2.33. The van der Waals surface area contributed by atoms with E-state index in [9.17, 15) is 0 Å². The van der Waals surface area contributed by atoms with E-state index in [-0.39, 0.29) is 0 Å². The number of benzene rings is 1. The second-order valence-electron chi connectivity index (χ2n) is 4.97. The fourth-order valence-corrected chi connectivity index (χ4v) is 2.76. The number of halogens is 1. The lowest BCUT2D eigenvalue weighted by molar-refractivity contribution is 0.552. The Morgan fingerprint density at radius 1 is 1.33 bits per heavy atom. The van der Waals surface area contributed by atoms with Gasteiger partial charge < -0.3 is 5.32 Å². The molecule has 0 fully saturated rings. The highest BCUT2D eigenvalue weighted by atomic mass is 35.5. The number of hydrogen-bond acceptors (Lipinski definition) is 1. The monoisotopic (exact) mass is 263 g/mol. The second-order valence-corrected chi connectivity index (χ2v) is 5.38. The van der Waals surface area contributed by atoms with Crippen LogP contribution in [0.15, 0.2) is 35.9 Å². The van der Waals surface area contributed by atoms with Crippen LogP contribution >= 0.6 is 11.6 Å². The second kappa shape index (κ2) is 6.96. The third-order valence-electron chi connectivity index (χ3n) is 3.55. The standard InChI is InChI=1S/C16H22ClN/c1-2-11-18-16(13-7-3-4-8-13)12-14-9-5-6-10-15(14)17/h5-7,9-10,16,18H,2-4,8,11-12H2,1H3. The fraction of sp³-hybridized carbons (Fsp3) is 0.500. The molecule has 0 radical (unpaired) electrons. The highest BCUT2D eigenvalue weighted by Gasteiger charge is 2.17. The molecule has 18 heavy (non-hydrogen) atoms. The van der Waals surface area contributed by atoms with Gasteiger partial charge in [0.2, 0.25) is 0 Å². The van der Waals surface area contributed by atoms with Gasteiger partial charge in [0, 0.05) is 11.1 Å². The van der Waals surface area contributed by atoms with Crippen molar-refractivity contribution in [2.75, 3.05) is 6.54 Å². The number of nitrogens with one attached hydrogen (secondary N) is 1. The molecule has 0 aromatic heterocycles. The summed E-state index contributed by atoms with van der Waals surface area (Å²) in [6, 6.07) is 8.65. The fourth-order valence-electron chi connectivity index (χ4n) is 2.55. The summed E-state index contributed by atoms with van der Waals surface area (Å²) in [5.41, 5.74) is 2.82. The maximum atomic E-state index is 6.26. The van der Waals surface area contributed by atoms with Crippen molar-refractivity contribution in [2.45, 2.75) is 45.1 Å². The van der Waals surface area contributed by atoms with Crippen LogP contribution in [0.5, 0.6) is 0 Å². The first-order valence-corrected chi connectivity index (χ1v) is 7.34. The zero-order chi connectivity index (χ0) is 12.8. The summed E-state index contributed by atoms with van der Waals surface area (Å²) in [4.78, 5) is 0. The molecule has 0 bridgehead atoms. The number of allylic oxidation sites excluding steroid dienone is 1. The van der Waals surface area contributed by atoms with Crippen LogP contribution in [0, 0.1) is 0 Å². The number of hydrogen-bond donors (Lipinski definition) is 1. The maximum absolute atomic E-state index is 6.26. The molecule has 1 aromatic carbocycles. The average molecular weight is 264 g/mol. The summed E-state index contributed by atoms with van der Waals surface area (Å²) in [6.07, 6.45) is 8.37. The van der Waals surface area contributed by atoms with Crippen molar-refractivity contribution in [1.29, 1.82) is 0 Å². The van der Waals surface area contributed by atoms with E-state index in [1.54, 1.807) is 5.57 Å². The van der Waals surface area contributed by atoms with Gasteiger partial charge in [0.1, 0.15) is 0 Å². The molecule has 1 aromatic rings. The Labute approximate surface area is 115 Å². The Morgan fingerprint density at radius 3 is 2.83 bits per heavy atom. The van der Waals surface area contributed by atoms with Crippen molar-refractivity contribution >= 4 is 11.6 Å². The zero-order valence-electron chi connectivity index (χ0n) is 11.1. The van der Waals surface area contributed by atoms with E-state index in [1.165, 1.54) is 31.2 Å². The molecular weight excluding hydrogens is 242 g/mol. The Hall–Kier alpha value is -0.790. The molecule has 0 saturated carbocycles. The van der Waals surface area contributed by atoms with Gasteiger partial charge in [-0.1, -0.05) is 48.4 Å². The lowest BCUT2D eigenvalue weighted by Gasteiger charge is -2.21. The van der Waals surface area contributed by atoms with Gasteiger partial charge in [-0.15, -0.1) is 0 Å². The summed E-state index contributed by atoms with van der Waals surface area (Å²) in [5.74, 6) is 0. The van der Waals surface area contributed by atoms with Crippen molar-refractivity contribution in [2.24, 2.45) is 0 Å². The van der Waals surface area contributed by atoms with Gasteiger partial charge in [0.15, 0.2) is 0 Å². The predicted molar refractivity (Wildman–Crippen MR) is 79.2 cm³/mol. The molecular formula is C16H22ClN. The minimum atomic E-state index is 0.465. The Balaban J connectivity index is 2.07. The summed E-state index contributed by atoms with van der Waals surface area (Å²) < 4.78 is 0. The van der Waals surface area contributed by atoms with Crippen molar-refractivity contribution in [3.63, 3.8) is 0 Å². The van der Waals surface area contributed by atoms with E-state index in [1.807, 2.05) is 12.1 Å². The maximum Gasteiger partial charge on any atom is 0.0438 e. The molecule has 2 heteroatoms. The van der Waals surface area contributed by atoms with E-state index >= 15 is 0 Å². The first kappa shape index (κ1) is 13.6. The molecule has 1 N–H and O–H groups in total. The summed E-state index contributed by atoms with van der Waals surface area (Å²) >= 11 is 6.26.